The van der Waals surface area contributed by atoms with Gasteiger partial charge in [-0.25, -0.2) is 0 Å². The third kappa shape index (κ3) is 6.12. The molecule has 62 heavy (non-hydrogen) atoms. The van der Waals surface area contributed by atoms with Crippen molar-refractivity contribution in [1.82, 2.24) is 9.13 Å². The zero-order valence-corrected chi connectivity index (χ0v) is 34.0. The Labute approximate surface area is 360 Å². The van der Waals surface area contributed by atoms with Gasteiger partial charge in [-0.05, 0) is 116 Å². The van der Waals surface area contributed by atoms with Crippen LogP contribution in [0.5, 0.6) is 0 Å². The van der Waals surface area contributed by atoms with Crippen LogP contribution < -0.4 is 0 Å². The van der Waals surface area contributed by atoms with E-state index in [1.54, 1.807) is 0 Å². The standard InChI is InChI=1S/C60H40N2/c1-4-14-41(15-5-1)44-26-28-45(29-27-44)50-30-33-54-56-39-49(32-35-59(56)62(60(54)40-50)52-23-13-21-47(37-52)43-18-8-3-9-19-43)48-31-34-58-55(38-48)53-24-10-11-25-57(53)61(58)51-22-12-20-46(36-51)42-16-6-2-7-17-42/h1-40H. The van der Waals surface area contributed by atoms with Crippen molar-refractivity contribution in [2.75, 3.05) is 0 Å². The van der Waals surface area contributed by atoms with Crippen molar-refractivity contribution in [2.24, 2.45) is 0 Å². The van der Waals surface area contributed by atoms with Gasteiger partial charge in [-0.15, -0.1) is 0 Å². The first-order chi connectivity index (χ1) is 30.7. The summed E-state index contributed by atoms with van der Waals surface area (Å²) in [6, 6.07) is 88.4. The zero-order valence-electron chi connectivity index (χ0n) is 34.0. The van der Waals surface area contributed by atoms with E-state index in [1.165, 1.54) is 99.2 Å². The van der Waals surface area contributed by atoms with Gasteiger partial charge < -0.3 is 9.13 Å². The maximum absolute atomic E-state index is 2.45. The third-order valence-corrected chi connectivity index (χ3v) is 12.5. The summed E-state index contributed by atoms with van der Waals surface area (Å²) in [5.74, 6) is 0. The monoisotopic (exact) mass is 788 g/mol. The Morgan fingerprint density at radius 1 is 0.177 bits per heavy atom. The highest BCUT2D eigenvalue weighted by atomic mass is 15.0. The summed E-state index contributed by atoms with van der Waals surface area (Å²) in [6.45, 7) is 0. The van der Waals surface area contributed by atoms with Crippen LogP contribution in [0.3, 0.4) is 0 Å². The van der Waals surface area contributed by atoms with Gasteiger partial charge in [-0.1, -0.05) is 182 Å². The van der Waals surface area contributed by atoms with E-state index in [1.807, 2.05) is 0 Å². The van der Waals surface area contributed by atoms with Crippen LogP contribution >= 0.6 is 0 Å². The lowest BCUT2D eigenvalue weighted by Crippen LogP contribution is -1.95. The maximum atomic E-state index is 2.45. The molecule has 0 amide bonds. The highest BCUT2D eigenvalue weighted by molar-refractivity contribution is 6.13. The molecule has 2 heteroatoms. The molecule has 0 saturated carbocycles. The van der Waals surface area contributed by atoms with E-state index in [2.05, 4.69) is 252 Å². The average Bonchev–Trinajstić information content (AvgIpc) is 3.87. The summed E-state index contributed by atoms with van der Waals surface area (Å²) < 4.78 is 4.86. The molecule has 0 unspecified atom stereocenters. The molecule has 10 aromatic carbocycles. The van der Waals surface area contributed by atoms with Gasteiger partial charge in [0.25, 0.3) is 0 Å². The summed E-state index contributed by atoms with van der Waals surface area (Å²) in [7, 11) is 0. The molecular weight excluding hydrogens is 749 g/mol. The summed E-state index contributed by atoms with van der Waals surface area (Å²) in [4.78, 5) is 0. The third-order valence-electron chi connectivity index (χ3n) is 12.5. The molecule has 2 heterocycles. The van der Waals surface area contributed by atoms with Gasteiger partial charge in [0.15, 0.2) is 0 Å². The van der Waals surface area contributed by atoms with Gasteiger partial charge >= 0.3 is 0 Å². The molecule has 0 atom stereocenters. The van der Waals surface area contributed by atoms with E-state index in [0.717, 1.165) is 11.4 Å². The first kappa shape index (κ1) is 35.7. The number of benzene rings is 10. The molecule has 12 aromatic rings. The molecule has 2 nitrogen and oxygen atoms in total. The lowest BCUT2D eigenvalue weighted by Gasteiger charge is -2.12. The number of aromatic nitrogens is 2. The van der Waals surface area contributed by atoms with Gasteiger partial charge in [0.1, 0.15) is 0 Å². The smallest absolute Gasteiger partial charge is 0.0547 e. The Kier molecular flexibility index (Phi) is 8.53. The summed E-state index contributed by atoms with van der Waals surface area (Å²) in [5.41, 5.74) is 19.1. The Bertz CT molecular complexity index is 3600. The van der Waals surface area contributed by atoms with E-state index in [4.69, 9.17) is 0 Å². The molecule has 2 aromatic heterocycles. The number of hydrogen-bond donors (Lipinski definition) is 0. The van der Waals surface area contributed by atoms with Crippen LogP contribution in [0, 0.1) is 0 Å². The number of hydrogen-bond acceptors (Lipinski definition) is 0. The normalized spacial score (nSPS) is 11.5. The van der Waals surface area contributed by atoms with Crippen LogP contribution in [0.15, 0.2) is 243 Å². The number of nitrogens with zero attached hydrogens (tertiary/aromatic N) is 2. The number of fused-ring (bicyclic) bond motifs is 6. The Morgan fingerprint density at radius 3 is 1.06 bits per heavy atom. The highest BCUT2D eigenvalue weighted by Gasteiger charge is 2.18. The van der Waals surface area contributed by atoms with E-state index < -0.39 is 0 Å². The molecular formula is C60H40N2. The molecule has 0 aliphatic rings. The molecule has 0 bridgehead atoms. The van der Waals surface area contributed by atoms with Crippen LogP contribution in [0.4, 0.5) is 0 Å². The second-order valence-electron chi connectivity index (χ2n) is 16.2. The summed E-state index contributed by atoms with van der Waals surface area (Å²) in [5, 5.41) is 4.95. The second-order valence-corrected chi connectivity index (χ2v) is 16.2. The Hall–Kier alpha value is -8.20. The maximum Gasteiger partial charge on any atom is 0.0547 e. The fourth-order valence-corrected chi connectivity index (χ4v) is 9.48. The molecule has 0 saturated heterocycles. The van der Waals surface area contributed by atoms with E-state index in [9.17, 15) is 0 Å². The lowest BCUT2D eigenvalue weighted by atomic mass is 9.98. The first-order valence-electron chi connectivity index (χ1n) is 21.3. The minimum Gasteiger partial charge on any atom is -0.309 e. The average molecular weight is 789 g/mol. The molecule has 0 aliphatic heterocycles. The molecule has 0 radical (unpaired) electrons. The van der Waals surface area contributed by atoms with Crippen LogP contribution in [0.1, 0.15) is 0 Å². The van der Waals surface area contributed by atoms with Crippen molar-refractivity contribution in [3.05, 3.63) is 243 Å². The second kappa shape index (κ2) is 14.8. The van der Waals surface area contributed by atoms with Crippen molar-refractivity contribution in [2.45, 2.75) is 0 Å². The molecule has 0 fully saturated rings. The zero-order chi connectivity index (χ0) is 41.0. The van der Waals surface area contributed by atoms with Crippen LogP contribution in [0.2, 0.25) is 0 Å². The largest absolute Gasteiger partial charge is 0.309 e. The van der Waals surface area contributed by atoms with Gasteiger partial charge in [0, 0.05) is 32.9 Å². The lowest BCUT2D eigenvalue weighted by molar-refractivity contribution is 1.18. The molecule has 12 rings (SSSR count). The molecule has 0 aliphatic carbocycles. The first-order valence-corrected chi connectivity index (χ1v) is 21.3. The van der Waals surface area contributed by atoms with Crippen molar-refractivity contribution in [1.29, 1.82) is 0 Å². The summed E-state index contributed by atoms with van der Waals surface area (Å²) in [6.07, 6.45) is 0. The van der Waals surface area contributed by atoms with Crippen LogP contribution in [0.25, 0.3) is 111 Å². The van der Waals surface area contributed by atoms with E-state index >= 15 is 0 Å². The number of para-hydroxylation sites is 1. The van der Waals surface area contributed by atoms with Crippen LogP contribution in [-0.2, 0) is 0 Å². The summed E-state index contributed by atoms with van der Waals surface area (Å²) >= 11 is 0. The van der Waals surface area contributed by atoms with Crippen molar-refractivity contribution >= 4 is 43.6 Å². The van der Waals surface area contributed by atoms with E-state index in [-0.39, 0.29) is 0 Å². The van der Waals surface area contributed by atoms with Crippen molar-refractivity contribution in [3.8, 4) is 67.0 Å². The van der Waals surface area contributed by atoms with Crippen molar-refractivity contribution in [3.63, 3.8) is 0 Å². The van der Waals surface area contributed by atoms with E-state index in [0.29, 0.717) is 0 Å². The van der Waals surface area contributed by atoms with Gasteiger partial charge in [0.05, 0.1) is 22.1 Å². The van der Waals surface area contributed by atoms with Gasteiger partial charge in [-0.2, -0.15) is 0 Å². The highest BCUT2D eigenvalue weighted by Crippen LogP contribution is 2.40. The Balaban J connectivity index is 1.01. The van der Waals surface area contributed by atoms with Gasteiger partial charge in [-0.3, -0.25) is 0 Å². The topological polar surface area (TPSA) is 9.86 Å². The predicted octanol–water partition coefficient (Wildman–Crippen LogP) is 16.2. The fourth-order valence-electron chi connectivity index (χ4n) is 9.48. The minimum atomic E-state index is 1.14. The predicted molar refractivity (Wildman–Crippen MR) is 262 cm³/mol. The molecule has 0 N–H and O–H groups in total. The van der Waals surface area contributed by atoms with Gasteiger partial charge in [0.2, 0.25) is 0 Å². The van der Waals surface area contributed by atoms with Crippen LogP contribution in [-0.4, -0.2) is 9.13 Å². The quantitative estimate of drug-likeness (QED) is 0.152. The molecule has 0 spiro atoms. The minimum absolute atomic E-state index is 1.14. The number of rotatable bonds is 7. The van der Waals surface area contributed by atoms with Crippen molar-refractivity contribution < 1.29 is 0 Å². The Morgan fingerprint density at radius 2 is 0.516 bits per heavy atom. The molecule has 290 valence electrons. The fraction of sp³-hybridized carbons (Fsp3) is 0. The SMILES string of the molecule is c1ccc(-c2ccc(-c3ccc4c5cc(-c6ccc7c(c6)c6ccccc6n7-c6cccc(-c7ccccc7)c6)ccc5n(-c5cccc(-c6ccccc6)c5)c4c3)cc2)cc1.